The van der Waals surface area contributed by atoms with Crippen LogP contribution in [0, 0.1) is 0 Å². The van der Waals surface area contributed by atoms with Gasteiger partial charge < -0.3 is 0 Å². The highest BCUT2D eigenvalue weighted by molar-refractivity contribution is 7.91. The van der Waals surface area contributed by atoms with Gasteiger partial charge >= 0.3 is 0 Å². The summed E-state index contributed by atoms with van der Waals surface area (Å²) in [6.45, 7) is 0. The molecule has 0 spiro atoms. The van der Waals surface area contributed by atoms with Crippen LogP contribution in [0.4, 0.5) is 5.13 Å². The van der Waals surface area contributed by atoms with E-state index < -0.39 is 21.8 Å². The number of nitrogens with zero attached hydrogens (tertiary/aromatic N) is 3. The van der Waals surface area contributed by atoms with Gasteiger partial charge in [-0.2, -0.15) is 5.10 Å². The van der Waals surface area contributed by atoms with Crippen LogP contribution in [0.2, 0.25) is 0 Å². The summed E-state index contributed by atoms with van der Waals surface area (Å²) in [5.74, 6) is -0.768. The minimum Gasteiger partial charge on any atom is -0.297 e. The van der Waals surface area contributed by atoms with Crippen LogP contribution in [-0.2, 0) is 19.4 Å². The maximum absolute atomic E-state index is 12.8. The number of hydrazone groups is 1. The van der Waals surface area contributed by atoms with Crippen LogP contribution >= 0.6 is 11.3 Å². The van der Waals surface area contributed by atoms with Gasteiger partial charge in [0.05, 0.1) is 23.2 Å². The molecule has 8 nitrogen and oxygen atoms in total. The average Bonchev–Trinajstić information content (AvgIpc) is 3.46. The summed E-state index contributed by atoms with van der Waals surface area (Å²) in [6, 6.07) is 17.6. The molecule has 174 valence electrons. The Labute approximate surface area is 201 Å². The molecular weight excluding hydrogens is 472 g/mol. The minimum absolute atomic E-state index is 0.0344. The SMILES string of the molecule is O=C(Nc1nc(-c2ccc(-c3ccccc3)cc2)cs1)C1=NN(C2CCS(=O)(=O)C2)C(=O)CC1. The van der Waals surface area contributed by atoms with Crippen molar-refractivity contribution < 1.29 is 18.0 Å². The molecule has 3 aromatic rings. The molecule has 5 rings (SSSR count). The Morgan fingerprint density at radius 2 is 1.71 bits per heavy atom. The summed E-state index contributed by atoms with van der Waals surface area (Å²) in [6.07, 6.45) is 0.672. The summed E-state index contributed by atoms with van der Waals surface area (Å²) < 4.78 is 23.6. The van der Waals surface area contributed by atoms with Crippen molar-refractivity contribution in [2.75, 3.05) is 16.8 Å². The smallest absolute Gasteiger partial charge is 0.273 e. The highest BCUT2D eigenvalue weighted by Gasteiger charge is 2.37. The third-order valence-electron chi connectivity index (χ3n) is 5.89. The van der Waals surface area contributed by atoms with Crippen LogP contribution in [0.1, 0.15) is 19.3 Å². The van der Waals surface area contributed by atoms with E-state index in [-0.39, 0.29) is 36.0 Å². The largest absolute Gasteiger partial charge is 0.297 e. The molecule has 1 fully saturated rings. The number of thiazole rings is 1. The zero-order chi connectivity index (χ0) is 23.7. The van der Waals surface area contributed by atoms with Crippen LogP contribution in [0.25, 0.3) is 22.4 Å². The zero-order valence-electron chi connectivity index (χ0n) is 18.2. The van der Waals surface area contributed by atoms with E-state index >= 15 is 0 Å². The lowest BCUT2D eigenvalue weighted by Crippen LogP contribution is -2.42. The van der Waals surface area contributed by atoms with E-state index in [1.54, 1.807) is 0 Å². The summed E-state index contributed by atoms with van der Waals surface area (Å²) in [4.78, 5) is 29.6. The van der Waals surface area contributed by atoms with E-state index in [4.69, 9.17) is 0 Å². The van der Waals surface area contributed by atoms with E-state index in [1.165, 1.54) is 16.3 Å². The normalized spacial score (nSPS) is 19.6. The van der Waals surface area contributed by atoms with Crippen LogP contribution < -0.4 is 5.32 Å². The van der Waals surface area contributed by atoms with Gasteiger partial charge in [-0.3, -0.25) is 14.9 Å². The second-order valence-corrected chi connectivity index (χ2v) is 11.4. The molecule has 1 N–H and O–H groups in total. The lowest BCUT2D eigenvalue weighted by molar-refractivity contribution is -0.133. The molecule has 1 aromatic heterocycles. The van der Waals surface area contributed by atoms with Crippen LogP contribution in [0.5, 0.6) is 0 Å². The number of anilines is 1. The van der Waals surface area contributed by atoms with Crippen molar-refractivity contribution in [1.82, 2.24) is 9.99 Å². The number of nitrogens with one attached hydrogen (secondary N) is 1. The first-order valence-electron chi connectivity index (χ1n) is 10.9. The number of benzene rings is 2. The predicted molar refractivity (Wildman–Crippen MR) is 132 cm³/mol. The fraction of sp³-hybridized carbons (Fsp3) is 0.250. The van der Waals surface area contributed by atoms with E-state index in [0.717, 1.165) is 22.4 Å². The topological polar surface area (TPSA) is 109 Å². The maximum Gasteiger partial charge on any atom is 0.273 e. The summed E-state index contributed by atoms with van der Waals surface area (Å²) in [5.41, 5.74) is 4.13. The molecular formula is C24H22N4O4S2. The second kappa shape index (κ2) is 9.11. The molecule has 1 unspecified atom stereocenters. The number of sulfone groups is 1. The van der Waals surface area contributed by atoms with Crippen LogP contribution in [0.15, 0.2) is 65.1 Å². The Kier molecular flexibility index (Phi) is 6.01. The minimum atomic E-state index is -3.17. The third-order valence-corrected chi connectivity index (χ3v) is 8.40. The fourth-order valence-electron chi connectivity index (χ4n) is 4.09. The third kappa shape index (κ3) is 4.78. The molecule has 0 radical (unpaired) electrons. The van der Waals surface area contributed by atoms with Gasteiger partial charge in [-0.1, -0.05) is 54.6 Å². The van der Waals surface area contributed by atoms with E-state index in [9.17, 15) is 18.0 Å². The Morgan fingerprint density at radius 1 is 1.00 bits per heavy atom. The number of rotatable bonds is 5. The van der Waals surface area contributed by atoms with Crippen molar-refractivity contribution in [2.24, 2.45) is 5.10 Å². The molecule has 2 aliphatic rings. The molecule has 0 aliphatic carbocycles. The summed E-state index contributed by atoms with van der Waals surface area (Å²) in [5, 5.41) is 10.5. The van der Waals surface area contributed by atoms with Gasteiger partial charge in [0.2, 0.25) is 5.91 Å². The maximum atomic E-state index is 12.8. The second-order valence-electron chi connectivity index (χ2n) is 8.28. The highest BCUT2D eigenvalue weighted by Crippen LogP contribution is 2.28. The predicted octanol–water partition coefficient (Wildman–Crippen LogP) is 3.58. The molecule has 2 aromatic carbocycles. The van der Waals surface area contributed by atoms with Crippen molar-refractivity contribution in [3.8, 4) is 22.4 Å². The van der Waals surface area contributed by atoms with Crippen LogP contribution in [-0.4, -0.2) is 53.5 Å². The Balaban J connectivity index is 1.27. The quantitative estimate of drug-likeness (QED) is 0.583. The molecule has 3 heterocycles. The molecule has 1 atom stereocenters. The van der Waals surface area contributed by atoms with Crippen molar-refractivity contribution in [3.63, 3.8) is 0 Å². The summed E-state index contributed by atoms with van der Waals surface area (Å²) >= 11 is 1.31. The lowest BCUT2D eigenvalue weighted by atomic mass is 10.0. The van der Waals surface area contributed by atoms with Crippen molar-refractivity contribution in [3.05, 3.63) is 60.0 Å². The van der Waals surface area contributed by atoms with E-state index in [1.807, 2.05) is 47.8 Å². The number of aromatic nitrogens is 1. The molecule has 2 aliphatic heterocycles. The van der Waals surface area contributed by atoms with E-state index in [0.29, 0.717) is 11.6 Å². The van der Waals surface area contributed by atoms with Gasteiger partial charge in [-0.05, 0) is 17.5 Å². The molecule has 2 amide bonds. The highest BCUT2D eigenvalue weighted by atomic mass is 32.2. The number of carbonyl (C=O) groups excluding carboxylic acids is 2. The number of carbonyl (C=O) groups is 2. The Hall–Kier alpha value is -3.37. The summed E-state index contributed by atoms with van der Waals surface area (Å²) in [7, 11) is -3.17. The van der Waals surface area contributed by atoms with Crippen molar-refractivity contribution in [1.29, 1.82) is 0 Å². The van der Waals surface area contributed by atoms with Gasteiger partial charge in [0.15, 0.2) is 15.0 Å². The standard InChI is InChI=1S/C24H22N4O4S2/c29-22-11-10-20(27-28(22)19-12-13-34(31,32)15-19)23(30)26-24-25-21(14-33-24)18-8-6-17(7-9-18)16-4-2-1-3-5-16/h1-9,14,19H,10-13,15H2,(H,25,26,30). The average molecular weight is 495 g/mol. The lowest BCUT2D eigenvalue weighted by Gasteiger charge is -2.27. The Bertz CT molecular complexity index is 1370. The van der Waals surface area contributed by atoms with Gasteiger partial charge in [0.25, 0.3) is 5.91 Å². The van der Waals surface area contributed by atoms with E-state index in [2.05, 4.69) is 27.5 Å². The molecule has 34 heavy (non-hydrogen) atoms. The molecule has 10 heteroatoms. The number of amides is 2. The van der Waals surface area contributed by atoms with Crippen molar-refractivity contribution >= 4 is 43.8 Å². The van der Waals surface area contributed by atoms with Gasteiger partial charge in [-0.15, -0.1) is 11.3 Å². The first kappa shape index (κ1) is 22.4. The molecule has 0 saturated carbocycles. The fourth-order valence-corrected chi connectivity index (χ4v) is 6.49. The zero-order valence-corrected chi connectivity index (χ0v) is 19.8. The van der Waals surface area contributed by atoms with Gasteiger partial charge in [-0.25, -0.2) is 18.4 Å². The first-order chi connectivity index (χ1) is 16.4. The molecule has 0 bridgehead atoms. The number of hydrogen-bond donors (Lipinski definition) is 1. The van der Waals surface area contributed by atoms with Crippen molar-refractivity contribution in [2.45, 2.75) is 25.3 Å². The monoisotopic (exact) mass is 494 g/mol. The van der Waals surface area contributed by atoms with Gasteiger partial charge in [0.1, 0.15) is 5.71 Å². The Morgan fingerprint density at radius 3 is 2.41 bits per heavy atom. The van der Waals surface area contributed by atoms with Gasteiger partial charge in [0, 0.05) is 23.8 Å². The van der Waals surface area contributed by atoms with Crippen LogP contribution in [0.3, 0.4) is 0 Å². The first-order valence-corrected chi connectivity index (χ1v) is 13.6. The molecule has 1 saturated heterocycles. The number of hydrogen-bond acceptors (Lipinski definition) is 7.